The van der Waals surface area contributed by atoms with E-state index < -0.39 is 0 Å². The lowest BCUT2D eigenvalue weighted by atomic mass is 9.82. The Labute approximate surface area is 267 Å². The molecule has 0 unspecified atom stereocenters. The van der Waals surface area contributed by atoms with Gasteiger partial charge in [0.25, 0.3) is 0 Å². The molecule has 2 aliphatic rings. The van der Waals surface area contributed by atoms with E-state index in [1.54, 1.807) is 0 Å². The normalized spacial score (nSPS) is 16.2. The first-order chi connectivity index (χ1) is 21.7. The minimum absolute atomic E-state index is 0.0525. The van der Waals surface area contributed by atoms with Gasteiger partial charge in [0, 0.05) is 22.2 Å². The molecule has 8 rings (SSSR count). The SMILES string of the molecule is CC(C)(C)c1ccc2c(c1)oc1cccc(N(c3ccc(C4CCCCC4)cc3)c3ccc4c(c3)C(C)(C)c3ccccc3-4)c12. The molecule has 0 N–H and O–H groups in total. The Morgan fingerprint density at radius 3 is 2.18 bits per heavy atom. The Morgan fingerprint density at radius 2 is 1.40 bits per heavy atom. The molecule has 0 atom stereocenters. The summed E-state index contributed by atoms with van der Waals surface area (Å²) in [6.45, 7) is 11.5. The average Bonchev–Trinajstić information content (AvgIpc) is 3.54. The number of rotatable bonds is 4. The topological polar surface area (TPSA) is 16.4 Å². The van der Waals surface area contributed by atoms with E-state index in [0.717, 1.165) is 27.6 Å². The molecular formula is C43H43NO. The molecule has 226 valence electrons. The molecule has 6 aromatic rings. The Hall–Kier alpha value is -4.30. The number of hydrogen-bond donors (Lipinski definition) is 0. The Bertz CT molecular complexity index is 2050. The molecule has 0 saturated heterocycles. The van der Waals surface area contributed by atoms with Gasteiger partial charge in [-0.1, -0.05) is 115 Å². The lowest BCUT2D eigenvalue weighted by Gasteiger charge is -2.29. The molecule has 2 nitrogen and oxygen atoms in total. The van der Waals surface area contributed by atoms with Crippen molar-refractivity contribution in [1.29, 1.82) is 0 Å². The first-order valence-corrected chi connectivity index (χ1v) is 16.8. The van der Waals surface area contributed by atoms with Gasteiger partial charge in [-0.3, -0.25) is 0 Å². The number of fused-ring (bicyclic) bond motifs is 6. The smallest absolute Gasteiger partial charge is 0.137 e. The number of furan rings is 1. The van der Waals surface area contributed by atoms with Gasteiger partial charge in [0.15, 0.2) is 0 Å². The fourth-order valence-electron chi connectivity index (χ4n) is 8.05. The van der Waals surface area contributed by atoms with Crippen LogP contribution in [0.1, 0.15) is 94.9 Å². The highest BCUT2D eigenvalue weighted by Gasteiger charge is 2.36. The molecule has 1 heterocycles. The van der Waals surface area contributed by atoms with Gasteiger partial charge < -0.3 is 9.32 Å². The average molecular weight is 590 g/mol. The fraction of sp³-hybridized carbons (Fsp3) is 0.302. The van der Waals surface area contributed by atoms with E-state index in [9.17, 15) is 0 Å². The summed E-state index contributed by atoms with van der Waals surface area (Å²) in [4.78, 5) is 2.46. The lowest BCUT2D eigenvalue weighted by molar-refractivity contribution is 0.443. The van der Waals surface area contributed by atoms with Gasteiger partial charge in [-0.2, -0.15) is 0 Å². The summed E-state index contributed by atoms with van der Waals surface area (Å²) < 4.78 is 6.57. The molecule has 5 aromatic carbocycles. The van der Waals surface area contributed by atoms with Crippen LogP contribution >= 0.6 is 0 Å². The van der Waals surface area contributed by atoms with Crippen molar-refractivity contribution < 1.29 is 4.42 Å². The van der Waals surface area contributed by atoms with Crippen molar-refractivity contribution in [2.24, 2.45) is 0 Å². The van der Waals surface area contributed by atoms with Crippen LogP contribution in [0, 0.1) is 0 Å². The lowest BCUT2D eigenvalue weighted by Crippen LogP contribution is -2.16. The zero-order valence-electron chi connectivity index (χ0n) is 27.3. The molecule has 0 bridgehead atoms. The Morgan fingerprint density at radius 1 is 0.667 bits per heavy atom. The summed E-state index contributed by atoms with van der Waals surface area (Å²) in [5.74, 6) is 0.679. The van der Waals surface area contributed by atoms with Crippen molar-refractivity contribution in [3.05, 3.63) is 125 Å². The van der Waals surface area contributed by atoms with Crippen LogP contribution in [0.25, 0.3) is 33.1 Å². The van der Waals surface area contributed by atoms with Gasteiger partial charge in [-0.25, -0.2) is 0 Å². The molecule has 0 spiro atoms. The second-order valence-corrected chi connectivity index (χ2v) is 14.9. The van der Waals surface area contributed by atoms with Crippen LogP contribution in [-0.4, -0.2) is 0 Å². The van der Waals surface area contributed by atoms with Crippen LogP contribution in [0.2, 0.25) is 0 Å². The van der Waals surface area contributed by atoms with Crippen molar-refractivity contribution in [3.8, 4) is 11.1 Å². The van der Waals surface area contributed by atoms with Crippen molar-refractivity contribution in [2.45, 2.75) is 83.5 Å². The number of nitrogens with zero attached hydrogens (tertiary/aromatic N) is 1. The van der Waals surface area contributed by atoms with E-state index in [-0.39, 0.29) is 10.8 Å². The van der Waals surface area contributed by atoms with Crippen LogP contribution in [-0.2, 0) is 10.8 Å². The maximum atomic E-state index is 6.57. The Kier molecular flexibility index (Phi) is 6.50. The highest BCUT2D eigenvalue weighted by molar-refractivity contribution is 6.13. The van der Waals surface area contributed by atoms with Gasteiger partial charge in [0.1, 0.15) is 11.2 Å². The van der Waals surface area contributed by atoms with Crippen LogP contribution < -0.4 is 4.90 Å². The predicted octanol–water partition coefficient (Wildman–Crippen LogP) is 12.7. The third-order valence-corrected chi connectivity index (χ3v) is 10.6. The molecule has 0 aliphatic heterocycles. The van der Waals surface area contributed by atoms with Crippen molar-refractivity contribution >= 4 is 39.0 Å². The quantitative estimate of drug-likeness (QED) is 0.203. The summed E-state index contributed by atoms with van der Waals surface area (Å²) in [6, 6.07) is 38.7. The predicted molar refractivity (Wildman–Crippen MR) is 190 cm³/mol. The van der Waals surface area contributed by atoms with Gasteiger partial charge in [0.2, 0.25) is 0 Å². The van der Waals surface area contributed by atoms with Gasteiger partial charge >= 0.3 is 0 Å². The zero-order chi connectivity index (χ0) is 30.9. The van der Waals surface area contributed by atoms with Crippen LogP contribution in [0.15, 0.2) is 108 Å². The number of hydrogen-bond acceptors (Lipinski definition) is 2. The summed E-state index contributed by atoms with van der Waals surface area (Å²) in [7, 11) is 0. The maximum absolute atomic E-state index is 6.57. The number of benzene rings is 5. The first-order valence-electron chi connectivity index (χ1n) is 16.8. The molecule has 45 heavy (non-hydrogen) atoms. The van der Waals surface area contributed by atoms with Gasteiger partial charge in [-0.15, -0.1) is 0 Å². The molecule has 1 fully saturated rings. The van der Waals surface area contributed by atoms with Crippen LogP contribution in [0.5, 0.6) is 0 Å². The largest absolute Gasteiger partial charge is 0.456 e. The zero-order valence-corrected chi connectivity index (χ0v) is 27.3. The van der Waals surface area contributed by atoms with Crippen molar-refractivity contribution in [2.75, 3.05) is 4.90 Å². The molecular weight excluding hydrogens is 546 g/mol. The van der Waals surface area contributed by atoms with E-state index in [0.29, 0.717) is 5.92 Å². The summed E-state index contributed by atoms with van der Waals surface area (Å²) in [5.41, 5.74) is 13.6. The summed E-state index contributed by atoms with van der Waals surface area (Å²) in [6.07, 6.45) is 6.68. The van der Waals surface area contributed by atoms with Crippen molar-refractivity contribution in [1.82, 2.24) is 0 Å². The minimum Gasteiger partial charge on any atom is -0.456 e. The van der Waals surface area contributed by atoms with E-state index in [4.69, 9.17) is 4.42 Å². The van der Waals surface area contributed by atoms with Crippen LogP contribution in [0.4, 0.5) is 17.1 Å². The maximum Gasteiger partial charge on any atom is 0.137 e. The molecule has 2 aliphatic carbocycles. The molecule has 1 aromatic heterocycles. The van der Waals surface area contributed by atoms with E-state index in [1.165, 1.54) is 76.9 Å². The van der Waals surface area contributed by atoms with Crippen LogP contribution in [0.3, 0.4) is 0 Å². The van der Waals surface area contributed by atoms with Gasteiger partial charge in [0.05, 0.1) is 11.1 Å². The summed E-state index contributed by atoms with van der Waals surface area (Å²) >= 11 is 0. The first kappa shape index (κ1) is 28.2. The highest BCUT2D eigenvalue weighted by atomic mass is 16.3. The summed E-state index contributed by atoms with van der Waals surface area (Å²) in [5, 5.41) is 2.32. The minimum atomic E-state index is -0.0733. The third kappa shape index (κ3) is 4.60. The molecule has 0 amide bonds. The van der Waals surface area contributed by atoms with E-state index in [2.05, 4.69) is 143 Å². The second kappa shape index (κ2) is 10.4. The Balaban J connectivity index is 1.32. The standard InChI is InChI=1S/C43H43NO/c1-42(2,3)30-20-24-35-40(26-30)45-39-17-11-16-38(41(35)39)44(31-21-18-29(19-22-31)28-12-7-6-8-13-28)32-23-25-34-33-14-9-10-15-36(33)43(4,5)37(34)27-32/h9-11,14-28H,6-8,12-13H2,1-5H3. The molecule has 0 radical (unpaired) electrons. The van der Waals surface area contributed by atoms with E-state index in [1.807, 2.05) is 0 Å². The third-order valence-electron chi connectivity index (χ3n) is 10.6. The monoisotopic (exact) mass is 589 g/mol. The number of anilines is 3. The van der Waals surface area contributed by atoms with E-state index >= 15 is 0 Å². The van der Waals surface area contributed by atoms with Crippen molar-refractivity contribution in [3.63, 3.8) is 0 Å². The highest BCUT2D eigenvalue weighted by Crippen LogP contribution is 2.51. The molecule has 1 saturated carbocycles. The second-order valence-electron chi connectivity index (χ2n) is 14.9. The fourth-order valence-corrected chi connectivity index (χ4v) is 8.05. The van der Waals surface area contributed by atoms with Gasteiger partial charge in [-0.05, 0) is 100 Å². The molecule has 2 heteroatoms.